The third-order valence-corrected chi connectivity index (χ3v) is 2.50. The first-order valence-corrected chi connectivity index (χ1v) is 5.19. The van der Waals surface area contributed by atoms with Crippen LogP contribution in [0.2, 0.25) is 0 Å². The van der Waals surface area contributed by atoms with E-state index in [1.54, 1.807) is 7.11 Å². The number of hydrogen-bond donors (Lipinski definition) is 0. The molecular formula is C10H22ArINO2. The molecule has 0 aliphatic carbocycles. The molecule has 0 aromatic rings. The molecule has 0 bridgehead atoms. The first-order valence-electron chi connectivity index (χ1n) is 5.19. The summed E-state index contributed by atoms with van der Waals surface area (Å²) in [5, 5.41) is 0. The molecule has 0 aromatic carbocycles. The van der Waals surface area contributed by atoms with E-state index in [4.69, 9.17) is 9.47 Å². The molecule has 0 aromatic heterocycles. The van der Waals surface area contributed by atoms with Crippen LogP contribution in [0.25, 0.3) is 0 Å². The molecule has 94 valence electrons. The van der Waals surface area contributed by atoms with E-state index in [-0.39, 0.29) is 61.7 Å². The van der Waals surface area contributed by atoms with Gasteiger partial charge in [0.15, 0.2) is 0 Å². The van der Waals surface area contributed by atoms with Gasteiger partial charge in [0.05, 0.1) is 12.7 Å². The first kappa shape index (κ1) is 19.2. The fourth-order valence-electron chi connectivity index (χ4n) is 1.64. The molecule has 1 rings (SSSR count). The summed E-state index contributed by atoms with van der Waals surface area (Å²) >= 11 is 0. The summed E-state index contributed by atoms with van der Waals surface area (Å²) < 4.78 is 10.8. The maximum absolute atomic E-state index is 5.68. The largest absolute Gasteiger partial charge is 0.383 e. The zero-order valence-electron chi connectivity index (χ0n) is 9.55. The number of nitrogens with zero attached hydrogens (tertiary/aromatic N) is 1. The van der Waals surface area contributed by atoms with Crippen LogP contribution in [-0.4, -0.2) is 51.0 Å². The van der Waals surface area contributed by atoms with E-state index in [9.17, 15) is 0 Å². The van der Waals surface area contributed by atoms with Crippen molar-refractivity contribution in [2.24, 2.45) is 0 Å². The van der Waals surface area contributed by atoms with Gasteiger partial charge in [-0.3, -0.25) is 4.90 Å². The molecule has 0 spiro atoms. The number of methoxy groups -OCH3 is 1. The molecule has 1 aliphatic rings. The van der Waals surface area contributed by atoms with Crippen LogP contribution >= 0.6 is 24.0 Å². The van der Waals surface area contributed by atoms with Crippen LogP contribution < -0.4 is 0 Å². The van der Waals surface area contributed by atoms with Crippen molar-refractivity contribution in [3.05, 3.63) is 0 Å². The zero-order valence-corrected chi connectivity index (χ0v) is 12.6. The van der Waals surface area contributed by atoms with Crippen LogP contribution in [0.5, 0.6) is 0 Å². The maximum atomic E-state index is 5.68. The molecule has 1 fully saturated rings. The number of rotatable bonds is 4. The second kappa shape index (κ2) is 12.3. The second-order valence-corrected chi connectivity index (χ2v) is 3.55. The molecule has 1 heterocycles. The van der Waals surface area contributed by atoms with Crippen LogP contribution in [0.15, 0.2) is 0 Å². The Morgan fingerprint density at radius 2 is 2.20 bits per heavy atom. The molecule has 1 saturated heterocycles. The molecule has 1 aliphatic heterocycles. The Morgan fingerprint density at radius 3 is 2.80 bits per heavy atom. The minimum atomic E-state index is 0. The van der Waals surface area contributed by atoms with Gasteiger partial charge in [-0.15, -0.1) is 24.0 Å². The standard InChI is InChI=1S/C10H21NO2.Ar.HI/c1-3-10-9-11(6-8-12-2)5-4-7-13-10;;/h10H,3-9H2,1-2H3;;1H. The van der Waals surface area contributed by atoms with Crippen LogP contribution in [0.4, 0.5) is 0 Å². The first-order chi connectivity index (χ1) is 6.36. The molecule has 1 atom stereocenters. The zero-order chi connectivity index (χ0) is 9.52. The summed E-state index contributed by atoms with van der Waals surface area (Å²) in [6, 6.07) is 0. The van der Waals surface area contributed by atoms with Crippen molar-refractivity contribution >= 4 is 24.0 Å². The van der Waals surface area contributed by atoms with Gasteiger partial charge >= 0.3 is 0 Å². The van der Waals surface area contributed by atoms with Gasteiger partial charge in [-0.05, 0) is 12.8 Å². The minimum absolute atomic E-state index is 0. The van der Waals surface area contributed by atoms with E-state index < -0.39 is 0 Å². The smallest absolute Gasteiger partial charge is 0.0699 e. The SMILES string of the molecule is CCC1CN(CCOC)CCCO1.I.[Ar]. The van der Waals surface area contributed by atoms with Crippen molar-refractivity contribution in [1.29, 1.82) is 0 Å². The number of hydrogen-bond acceptors (Lipinski definition) is 3. The van der Waals surface area contributed by atoms with Gasteiger partial charge in [-0.2, -0.15) is 0 Å². The van der Waals surface area contributed by atoms with Crippen molar-refractivity contribution < 1.29 is 47.2 Å². The fourth-order valence-corrected chi connectivity index (χ4v) is 1.64. The van der Waals surface area contributed by atoms with Gasteiger partial charge in [0, 0.05) is 71.1 Å². The molecule has 0 saturated carbocycles. The van der Waals surface area contributed by atoms with Crippen LogP contribution in [0.1, 0.15) is 19.8 Å². The maximum Gasteiger partial charge on any atom is 0.0699 e. The van der Waals surface area contributed by atoms with Gasteiger partial charge < -0.3 is 9.47 Å². The summed E-state index contributed by atoms with van der Waals surface area (Å²) in [5.74, 6) is 0. The van der Waals surface area contributed by atoms with Crippen molar-refractivity contribution in [2.75, 3.05) is 40.0 Å². The molecule has 1 unspecified atom stereocenters. The average Bonchev–Trinajstić information content (AvgIpc) is 2.39. The van der Waals surface area contributed by atoms with E-state index in [1.165, 1.54) is 0 Å². The average molecular weight is 355 g/mol. The van der Waals surface area contributed by atoms with Crippen molar-refractivity contribution in [3.8, 4) is 0 Å². The Hall–Kier alpha value is 1.87. The fraction of sp³-hybridized carbons (Fsp3) is 1.00. The Labute approximate surface area is 140 Å². The second-order valence-electron chi connectivity index (χ2n) is 3.55. The van der Waals surface area contributed by atoms with E-state index in [2.05, 4.69) is 11.8 Å². The van der Waals surface area contributed by atoms with Gasteiger partial charge in [0.1, 0.15) is 0 Å². The van der Waals surface area contributed by atoms with Crippen molar-refractivity contribution in [1.82, 2.24) is 4.90 Å². The Balaban J connectivity index is 0. The van der Waals surface area contributed by atoms with Crippen molar-refractivity contribution in [2.45, 2.75) is 25.9 Å². The van der Waals surface area contributed by atoms with Gasteiger partial charge in [0.25, 0.3) is 0 Å². The molecular weight excluding hydrogens is 333 g/mol. The molecule has 5 heteroatoms. The van der Waals surface area contributed by atoms with Crippen LogP contribution in [0, 0.1) is 37.7 Å². The molecule has 3 nitrogen and oxygen atoms in total. The van der Waals surface area contributed by atoms with E-state index in [0.29, 0.717) is 6.10 Å². The normalized spacial score (nSPS) is 22.4. The predicted octanol–water partition coefficient (Wildman–Crippen LogP) is 1.75. The minimum Gasteiger partial charge on any atom is -0.383 e. The molecule has 0 radical (unpaired) electrons. The number of ether oxygens (including phenoxy) is 2. The quantitative estimate of drug-likeness (QED) is 0.718. The van der Waals surface area contributed by atoms with Crippen molar-refractivity contribution in [3.63, 3.8) is 0 Å². The Bertz CT molecular complexity index is 141. The molecule has 0 N–H and O–H groups in total. The summed E-state index contributed by atoms with van der Waals surface area (Å²) in [5.41, 5.74) is 0. The summed E-state index contributed by atoms with van der Waals surface area (Å²) in [6.45, 7) is 7.19. The Morgan fingerprint density at radius 1 is 1.47 bits per heavy atom. The van der Waals surface area contributed by atoms with Gasteiger partial charge in [0.2, 0.25) is 0 Å². The monoisotopic (exact) mass is 355 g/mol. The van der Waals surface area contributed by atoms with Gasteiger partial charge in [-0.1, -0.05) is 6.92 Å². The van der Waals surface area contributed by atoms with E-state index >= 15 is 0 Å². The number of halogens is 1. The summed E-state index contributed by atoms with van der Waals surface area (Å²) in [4.78, 5) is 2.44. The van der Waals surface area contributed by atoms with Crippen LogP contribution in [0.3, 0.4) is 0 Å². The molecule has 0 amide bonds. The summed E-state index contributed by atoms with van der Waals surface area (Å²) in [6.07, 6.45) is 2.70. The van der Waals surface area contributed by atoms with Gasteiger partial charge in [-0.25, -0.2) is 0 Å². The summed E-state index contributed by atoms with van der Waals surface area (Å²) in [7, 11) is 1.76. The van der Waals surface area contributed by atoms with E-state index in [0.717, 1.165) is 45.7 Å². The third-order valence-electron chi connectivity index (χ3n) is 2.50. The third kappa shape index (κ3) is 8.57. The Kier molecular flexibility index (Phi) is 15.8. The van der Waals surface area contributed by atoms with Crippen LogP contribution in [-0.2, 0) is 9.47 Å². The molecule has 15 heavy (non-hydrogen) atoms. The van der Waals surface area contributed by atoms with E-state index in [1.807, 2.05) is 0 Å². The predicted molar refractivity (Wildman–Crippen MR) is 68.4 cm³/mol. The topological polar surface area (TPSA) is 21.7 Å².